The van der Waals surface area contributed by atoms with Crippen molar-refractivity contribution in [3.63, 3.8) is 0 Å². The van der Waals surface area contributed by atoms with E-state index < -0.39 is 5.60 Å². The van der Waals surface area contributed by atoms with Crippen molar-refractivity contribution in [2.45, 2.75) is 26.4 Å². The van der Waals surface area contributed by atoms with Crippen LogP contribution in [0.15, 0.2) is 6.33 Å². The van der Waals surface area contributed by atoms with Gasteiger partial charge in [0, 0.05) is 13.6 Å². The maximum atomic E-state index is 9.84. The first-order chi connectivity index (χ1) is 7.88. The number of rotatable bonds is 3. The molecule has 0 saturated carbocycles. The Bertz CT molecular complexity index is 532. The zero-order valence-electron chi connectivity index (χ0n) is 10.4. The summed E-state index contributed by atoms with van der Waals surface area (Å²) in [7, 11) is 1.91. The van der Waals surface area contributed by atoms with E-state index in [-0.39, 0.29) is 0 Å². The molecular formula is C11H16N4OS. The van der Waals surface area contributed by atoms with Gasteiger partial charge >= 0.3 is 0 Å². The highest BCUT2D eigenvalue weighted by Gasteiger charge is 2.20. The van der Waals surface area contributed by atoms with Crippen LogP contribution >= 0.6 is 11.5 Å². The average molecular weight is 252 g/mol. The van der Waals surface area contributed by atoms with Gasteiger partial charge in [0.2, 0.25) is 0 Å². The SMILES string of the molecule is Cc1nsc2ncnc(N(C)CC(C)(C)O)c12. The van der Waals surface area contributed by atoms with Crippen molar-refractivity contribution in [1.82, 2.24) is 14.3 Å². The minimum atomic E-state index is -0.761. The zero-order chi connectivity index (χ0) is 12.6. The molecule has 0 radical (unpaired) electrons. The number of likely N-dealkylation sites (N-methyl/N-ethyl adjacent to an activating group) is 1. The molecule has 2 aromatic rings. The van der Waals surface area contributed by atoms with Crippen LogP contribution in [-0.4, -0.2) is 38.6 Å². The van der Waals surface area contributed by atoms with Gasteiger partial charge in [0.25, 0.3) is 0 Å². The predicted molar refractivity (Wildman–Crippen MR) is 69.5 cm³/mol. The minimum absolute atomic E-state index is 0.508. The molecule has 0 aliphatic rings. The van der Waals surface area contributed by atoms with Crippen molar-refractivity contribution in [3.8, 4) is 0 Å². The van der Waals surface area contributed by atoms with Crippen LogP contribution in [-0.2, 0) is 0 Å². The number of aromatic nitrogens is 3. The maximum Gasteiger partial charge on any atom is 0.149 e. The normalized spacial score (nSPS) is 12.1. The summed E-state index contributed by atoms with van der Waals surface area (Å²) >= 11 is 1.37. The van der Waals surface area contributed by atoms with E-state index in [0.717, 1.165) is 21.7 Å². The molecule has 2 aromatic heterocycles. The van der Waals surface area contributed by atoms with Gasteiger partial charge in [-0.05, 0) is 32.3 Å². The third kappa shape index (κ3) is 2.53. The molecule has 0 atom stereocenters. The van der Waals surface area contributed by atoms with E-state index in [1.165, 1.54) is 17.9 Å². The Morgan fingerprint density at radius 1 is 1.41 bits per heavy atom. The van der Waals surface area contributed by atoms with Gasteiger partial charge in [0.05, 0.1) is 16.7 Å². The summed E-state index contributed by atoms with van der Waals surface area (Å²) in [6.45, 7) is 6.01. The molecule has 0 bridgehead atoms. The van der Waals surface area contributed by atoms with Crippen molar-refractivity contribution in [3.05, 3.63) is 12.0 Å². The standard InChI is InChI=1S/C11H16N4OS/c1-7-8-9(15(4)5-11(2,3)16)12-6-13-10(8)17-14-7/h6,16H,5H2,1-4H3. The lowest BCUT2D eigenvalue weighted by Gasteiger charge is -2.26. The van der Waals surface area contributed by atoms with Crippen molar-refractivity contribution in [1.29, 1.82) is 0 Å². The van der Waals surface area contributed by atoms with Crippen LogP contribution < -0.4 is 4.90 Å². The van der Waals surface area contributed by atoms with E-state index in [1.54, 1.807) is 13.8 Å². The predicted octanol–water partition coefficient (Wildman–Crippen LogP) is 1.60. The molecule has 5 nitrogen and oxygen atoms in total. The Balaban J connectivity index is 2.44. The van der Waals surface area contributed by atoms with Gasteiger partial charge < -0.3 is 10.0 Å². The van der Waals surface area contributed by atoms with Gasteiger partial charge in [-0.2, -0.15) is 4.37 Å². The molecule has 2 rings (SSSR count). The highest BCUT2D eigenvalue weighted by molar-refractivity contribution is 7.13. The molecule has 1 N–H and O–H groups in total. The fourth-order valence-electron chi connectivity index (χ4n) is 1.85. The first kappa shape index (κ1) is 12.2. The summed E-state index contributed by atoms with van der Waals surface area (Å²) in [5.41, 5.74) is 0.173. The molecule has 0 aromatic carbocycles. The zero-order valence-corrected chi connectivity index (χ0v) is 11.2. The molecule has 0 amide bonds. The average Bonchev–Trinajstić information content (AvgIpc) is 2.58. The number of anilines is 1. The molecule has 0 aliphatic carbocycles. The number of aryl methyl sites for hydroxylation is 1. The Morgan fingerprint density at radius 2 is 2.12 bits per heavy atom. The van der Waals surface area contributed by atoms with E-state index in [0.29, 0.717) is 6.54 Å². The second kappa shape index (κ2) is 4.19. The summed E-state index contributed by atoms with van der Waals surface area (Å²) in [6.07, 6.45) is 1.54. The number of nitrogens with zero attached hydrogens (tertiary/aromatic N) is 4. The summed E-state index contributed by atoms with van der Waals surface area (Å²) in [6, 6.07) is 0. The molecule has 0 unspecified atom stereocenters. The Morgan fingerprint density at radius 3 is 2.76 bits per heavy atom. The summed E-state index contributed by atoms with van der Waals surface area (Å²) in [5, 5.41) is 10.8. The summed E-state index contributed by atoms with van der Waals surface area (Å²) in [5.74, 6) is 0.823. The van der Waals surface area contributed by atoms with Gasteiger partial charge in [-0.15, -0.1) is 0 Å². The molecule has 17 heavy (non-hydrogen) atoms. The molecule has 2 heterocycles. The maximum absolute atomic E-state index is 9.84. The third-order valence-corrected chi connectivity index (χ3v) is 3.26. The quantitative estimate of drug-likeness (QED) is 0.899. The molecule has 0 fully saturated rings. The van der Waals surface area contributed by atoms with Crippen LogP contribution in [0.5, 0.6) is 0 Å². The number of aliphatic hydroxyl groups is 1. The van der Waals surface area contributed by atoms with Crippen LogP contribution in [0.2, 0.25) is 0 Å². The topological polar surface area (TPSA) is 62.1 Å². The molecule has 6 heteroatoms. The van der Waals surface area contributed by atoms with E-state index in [4.69, 9.17) is 0 Å². The van der Waals surface area contributed by atoms with Crippen molar-refractivity contribution in [2.75, 3.05) is 18.5 Å². The molecule has 0 saturated heterocycles. The van der Waals surface area contributed by atoms with Crippen LogP contribution in [0.3, 0.4) is 0 Å². The van der Waals surface area contributed by atoms with E-state index in [2.05, 4.69) is 14.3 Å². The number of hydrogen-bond donors (Lipinski definition) is 1. The highest BCUT2D eigenvalue weighted by Crippen LogP contribution is 2.28. The smallest absolute Gasteiger partial charge is 0.149 e. The summed E-state index contributed by atoms with van der Waals surface area (Å²) in [4.78, 5) is 11.3. The second-order valence-corrected chi connectivity index (χ2v) is 5.57. The minimum Gasteiger partial charge on any atom is -0.389 e. The van der Waals surface area contributed by atoms with Crippen LogP contribution in [0, 0.1) is 6.92 Å². The van der Waals surface area contributed by atoms with Gasteiger partial charge in [0.15, 0.2) is 0 Å². The van der Waals surface area contributed by atoms with E-state index in [9.17, 15) is 5.11 Å². The van der Waals surface area contributed by atoms with Crippen molar-refractivity contribution >= 4 is 27.6 Å². The van der Waals surface area contributed by atoms with Crippen LogP contribution in [0.1, 0.15) is 19.5 Å². The lowest BCUT2D eigenvalue weighted by atomic mass is 10.1. The third-order valence-electron chi connectivity index (χ3n) is 2.41. The van der Waals surface area contributed by atoms with E-state index in [1.807, 2.05) is 18.9 Å². The Labute approximate surface area is 104 Å². The van der Waals surface area contributed by atoms with E-state index >= 15 is 0 Å². The Kier molecular flexibility index (Phi) is 3.01. The lowest BCUT2D eigenvalue weighted by molar-refractivity contribution is 0.0885. The van der Waals surface area contributed by atoms with Crippen LogP contribution in [0.4, 0.5) is 5.82 Å². The molecule has 0 spiro atoms. The van der Waals surface area contributed by atoms with Crippen molar-refractivity contribution in [2.24, 2.45) is 0 Å². The van der Waals surface area contributed by atoms with Gasteiger partial charge in [0.1, 0.15) is 17.0 Å². The largest absolute Gasteiger partial charge is 0.389 e. The highest BCUT2D eigenvalue weighted by atomic mass is 32.1. The number of fused-ring (bicyclic) bond motifs is 1. The van der Waals surface area contributed by atoms with Crippen molar-refractivity contribution < 1.29 is 5.11 Å². The van der Waals surface area contributed by atoms with Gasteiger partial charge in [-0.25, -0.2) is 9.97 Å². The van der Waals surface area contributed by atoms with Gasteiger partial charge in [-0.1, -0.05) is 0 Å². The van der Waals surface area contributed by atoms with Crippen LogP contribution in [0.25, 0.3) is 10.2 Å². The van der Waals surface area contributed by atoms with Gasteiger partial charge in [-0.3, -0.25) is 0 Å². The fraction of sp³-hybridized carbons (Fsp3) is 0.545. The fourth-order valence-corrected chi connectivity index (χ4v) is 2.59. The Hall–Kier alpha value is -1.27. The molecule has 92 valence electrons. The second-order valence-electron chi connectivity index (χ2n) is 4.81. The first-order valence-electron chi connectivity index (χ1n) is 5.39. The first-order valence-corrected chi connectivity index (χ1v) is 6.16. The molecular weight excluding hydrogens is 236 g/mol. The summed E-state index contributed by atoms with van der Waals surface area (Å²) < 4.78 is 4.29. The lowest BCUT2D eigenvalue weighted by Crippen LogP contribution is -2.36. The monoisotopic (exact) mass is 252 g/mol. The molecule has 0 aliphatic heterocycles. The number of hydrogen-bond acceptors (Lipinski definition) is 6.